The largest absolute Gasteiger partial charge is 0.458 e. The van der Waals surface area contributed by atoms with E-state index in [-0.39, 0.29) is 27.4 Å². The summed E-state index contributed by atoms with van der Waals surface area (Å²) in [5.41, 5.74) is 8.42. The molecule has 3 amide bonds. The van der Waals surface area contributed by atoms with Crippen LogP contribution < -0.4 is 16.8 Å². The number of esters is 1. The van der Waals surface area contributed by atoms with Crippen molar-refractivity contribution in [3.63, 3.8) is 0 Å². The van der Waals surface area contributed by atoms with Gasteiger partial charge in [0.25, 0.3) is 17.5 Å². The van der Waals surface area contributed by atoms with E-state index >= 15 is 0 Å². The predicted molar refractivity (Wildman–Crippen MR) is 134 cm³/mol. The van der Waals surface area contributed by atoms with Gasteiger partial charge in [0, 0.05) is 17.5 Å². The van der Waals surface area contributed by atoms with Crippen molar-refractivity contribution in [1.82, 2.24) is 14.6 Å². The van der Waals surface area contributed by atoms with Crippen LogP contribution >= 0.6 is 11.3 Å². The number of nitrogens with zero attached hydrogens (tertiary/aromatic N) is 4. The zero-order valence-corrected chi connectivity index (χ0v) is 22.2. The number of hydrogen-bond acceptors (Lipinski definition) is 14. The summed E-state index contributed by atoms with van der Waals surface area (Å²) in [6.45, 7) is 2.23. The third-order valence-electron chi connectivity index (χ3n) is 5.23. The third kappa shape index (κ3) is 6.47. The first-order valence-electron chi connectivity index (χ1n) is 10.8. The summed E-state index contributed by atoms with van der Waals surface area (Å²) in [6, 6.07) is 1.51. The molecule has 0 bridgehead atoms. The Balaban J connectivity index is 1.77. The lowest BCUT2D eigenvalue weighted by atomic mass is 9.98. The molecule has 0 saturated carbocycles. The van der Waals surface area contributed by atoms with E-state index in [1.165, 1.54) is 43.5 Å². The number of nitro groups is 1. The molecule has 40 heavy (non-hydrogen) atoms. The summed E-state index contributed by atoms with van der Waals surface area (Å²) in [6.07, 6.45) is 0. The van der Waals surface area contributed by atoms with Crippen molar-refractivity contribution in [2.75, 3.05) is 5.73 Å². The molecule has 2 unspecified atom stereocenters. The lowest BCUT2D eigenvalue weighted by Crippen LogP contribution is -2.75. The molecule has 0 radical (unpaired) electrons. The normalized spacial score (nSPS) is 17.5. The average Bonchev–Trinajstić information content (AvgIpc) is 3.28. The molecule has 1 aromatic heterocycles. The van der Waals surface area contributed by atoms with Gasteiger partial charge in [-0.2, -0.15) is 12.7 Å². The van der Waals surface area contributed by atoms with Crippen molar-refractivity contribution in [2.24, 2.45) is 10.9 Å². The topological polar surface area (TPSA) is 277 Å². The van der Waals surface area contributed by atoms with E-state index in [0.29, 0.717) is 5.56 Å². The maximum absolute atomic E-state index is 13.0. The van der Waals surface area contributed by atoms with Crippen LogP contribution in [0.4, 0.5) is 10.8 Å². The Labute approximate surface area is 228 Å². The van der Waals surface area contributed by atoms with E-state index in [0.717, 1.165) is 11.3 Å². The van der Waals surface area contributed by atoms with Crippen LogP contribution in [-0.2, 0) is 45.7 Å². The molecule has 6 N–H and O–H groups in total. The number of β-lactam (4-membered cyclic amide) rings is 1. The number of nitrogens with one attached hydrogen (secondary N) is 1. The van der Waals surface area contributed by atoms with Gasteiger partial charge in [0.2, 0.25) is 11.5 Å². The van der Waals surface area contributed by atoms with Crippen LogP contribution in [-0.4, -0.2) is 74.3 Å². The van der Waals surface area contributed by atoms with Crippen molar-refractivity contribution in [3.05, 3.63) is 51.0 Å². The number of amides is 3. The standard InChI is InChI=1S/C20H21N7O11S2/c1-20(2,18(31)37-7-9-3-5-10(6-4-9)27(32)33)38-25-12(11-8-39-19(22)23-11)16(29)24-13-14(15(21)28)26(17(13)30)40(34,35)36/h3-6,8,13-14H,7H2,1-2H3,(H2,21,28)(H2,22,23)(H,24,29)(H,34,35,36). The summed E-state index contributed by atoms with van der Waals surface area (Å²) in [4.78, 5) is 68.9. The summed E-state index contributed by atoms with van der Waals surface area (Å²) in [5, 5.41) is 17.8. The molecule has 3 rings (SSSR count). The van der Waals surface area contributed by atoms with E-state index in [1.54, 1.807) is 0 Å². The minimum atomic E-state index is -5.15. The molecule has 0 spiro atoms. The van der Waals surface area contributed by atoms with Gasteiger partial charge in [0.15, 0.2) is 16.9 Å². The van der Waals surface area contributed by atoms with E-state index in [4.69, 9.17) is 25.6 Å². The first kappa shape index (κ1) is 29.9. The van der Waals surface area contributed by atoms with Crippen molar-refractivity contribution in [1.29, 1.82) is 0 Å². The number of hydrogen-bond donors (Lipinski definition) is 4. The van der Waals surface area contributed by atoms with Crippen molar-refractivity contribution in [3.8, 4) is 0 Å². The number of carbonyl (C=O) groups excluding carboxylic acids is 4. The molecule has 2 atom stereocenters. The Kier molecular flexibility index (Phi) is 8.36. The first-order valence-corrected chi connectivity index (χ1v) is 13.1. The highest BCUT2D eigenvalue weighted by molar-refractivity contribution is 7.84. The molecule has 1 aliphatic heterocycles. The molecular formula is C20H21N7O11S2. The number of nitrogens with two attached hydrogens (primary N) is 2. The van der Waals surface area contributed by atoms with E-state index in [9.17, 15) is 37.7 Å². The quantitative estimate of drug-likeness (QED) is 0.0594. The Bertz CT molecular complexity index is 1500. The fourth-order valence-electron chi connectivity index (χ4n) is 3.18. The molecule has 1 aliphatic rings. The molecule has 1 fully saturated rings. The number of nitrogen functional groups attached to an aromatic ring is 1. The highest BCUT2D eigenvalue weighted by Crippen LogP contribution is 2.24. The molecule has 2 aromatic rings. The average molecular weight is 600 g/mol. The fraction of sp³-hybridized carbons (Fsp3) is 0.300. The minimum absolute atomic E-state index is 0.00421. The maximum atomic E-state index is 13.0. The molecule has 0 aliphatic carbocycles. The Morgan fingerprint density at radius 2 is 1.93 bits per heavy atom. The summed E-state index contributed by atoms with van der Waals surface area (Å²) in [5.74, 6) is -4.83. The van der Waals surface area contributed by atoms with Crippen molar-refractivity contribution in [2.45, 2.75) is 38.1 Å². The van der Waals surface area contributed by atoms with Gasteiger partial charge in [-0.25, -0.2) is 9.78 Å². The Morgan fingerprint density at radius 1 is 1.30 bits per heavy atom. The predicted octanol–water partition coefficient (Wildman–Crippen LogP) is -1.14. The molecule has 2 heterocycles. The monoisotopic (exact) mass is 599 g/mol. The van der Waals surface area contributed by atoms with Crippen LogP contribution in [0.2, 0.25) is 0 Å². The van der Waals surface area contributed by atoms with Crippen molar-refractivity contribution >= 4 is 61.9 Å². The number of aromatic nitrogens is 1. The SMILES string of the molecule is CC(C)(ON=C(C(=O)NC1C(=O)N(S(=O)(=O)O)C1C(N)=O)c1csc(N)n1)C(=O)OCc1ccc([N+](=O)[O-])cc1. The van der Waals surface area contributed by atoms with Gasteiger partial charge >= 0.3 is 16.3 Å². The Hall–Kier alpha value is -4.69. The summed E-state index contributed by atoms with van der Waals surface area (Å²) in [7, 11) is -5.15. The van der Waals surface area contributed by atoms with Gasteiger partial charge in [-0.1, -0.05) is 5.16 Å². The van der Waals surface area contributed by atoms with Crippen LogP contribution in [0, 0.1) is 10.1 Å². The maximum Gasteiger partial charge on any atom is 0.363 e. The van der Waals surface area contributed by atoms with Gasteiger partial charge in [-0.3, -0.25) is 29.1 Å². The number of rotatable bonds is 11. The lowest BCUT2D eigenvalue weighted by molar-refractivity contribution is -0.384. The number of thiazole rings is 1. The fourth-order valence-corrected chi connectivity index (χ4v) is 4.59. The molecule has 18 nitrogen and oxygen atoms in total. The van der Waals surface area contributed by atoms with Gasteiger partial charge in [-0.05, 0) is 31.5 Å². The smallest absolute Gasteiger partial charge is 0.363 e. The number of benzene rings is 1. The van der Waals surface area contributed by atoms with E-state index in [2.05, 4.69) is 15.5 Å². The first-order chi connectivity index (χ1) is 18.5. The van der Waals surface area contributed by atoms with Crippen LogP contribution in [0.3, 0.4) is 0 Å². The van der Waals surface area contributed by atoms with Crippen molar-refractivity contribution < 1.29 is 46.6 Å². The molecule has 1 aromatic carbocycles. The molecule has 1 saturated heterocycles. The number of anilines is 1. The summed E-state index contributed by atoms with van der Waals surface area (Å²) >= 11 is 0.902. The number of ether oxygens (including phenoxy) is 1. The highest BCUT2D eigenvalue weighted by Gasteiger charge is 2.57. The van der Waals surface area contributed by atoms with Gasteiger partial charge in [-0.15, -0.1) is 11.3 Å². The minimum Gasteiger partial charge on any atom is -0.458 e. The zero-order chi connectivity index (χ0) is 30.0. The summed E-state index contributed by atoms with van der Waals surface area (Å²) < 4.78 is 36.9. The van der Waals surface area contributed by atoms with E-state index in [1.807, 2.05) is 0 Å². The second-order valence-electron chi connectivity index (χ2n) is 8.52. The number of non-ortho nitro benzene ring substituents is 1. The van der Waals surface area contributed by atoms with Gasteiger partial charge in [0.1, 0.15) is 18.3 Å². The number of nitro benzene ring substituents is 1. The van der Waals surface area contributed by atoms with Gasteiger partial charge in [0.05, 0.1) is 4.92 Å². The Morgan fingerprint density at radius 3 is 2.42 bits per heavy atom. The third-order valence-corrected chi connectivity index (χ3v) is 6.81. The second-order valence-corrected chi connectivity index (χ2v) is 10.7. The lowest BCUT2D eigenvalue weighted by Gasteiger charge is -2.41. The number of primary amides is 1. The molecular weight excluding hydrogens is 578 g/mol. The highest BCUT2D eigenvalue weighted by atomic mass is 32.2. The molecule has 20 heteroatoms. The van der Waals surface area contributed by atoms with Crippen LogP contribution in [0.5, 0.6) is 0 Å². The van der Waals surface area contributed by atoms with Crippen LogP contribution in [0.25, 0.3) is 0 Å². The van der Waals surface area contributed by atoms with Gasteiger partial charge < -0.3 is 26.4 Å². The second kappa shape index (κ2) is 11.2. The van der Waals surface area contributed by atoms with E-state index < -0.39 is 62.3 Å². The number of oxime groups is 1. The molecule has 214 valence electrons. The zero-order valence-electron chi connectivity index (χ0n) is 20.5. The number of carbonyl (C=O) groups is 4. The van der Waals surface area contributed by atoms with Crippen LogP contribution in [0.15, 0.2) is 34.8 Å². The van der Waals surface area contributed by atoms with Crippen LogP contribution in [0.1, 0.15) is 25.1 Å².